The number of halogens is 2. The summed E-state index contributed by atoms with van der Waals surface area (Å²) in [5.74, 6) is 0.0860. The molecule has 0 radical (unpaired) electrons. The van der Waals surface area contributed by atoms with Gasteiger partial charge in [-0.2, -0.15) is 0 Å². The van der Waals surface area contributed by atoms with E-state index in [0.29, 0.717) is 21.8 Å². The second-order valence-electron chi connectivity index (χ2n) is 4.38. The Labute approximate surface area is 121 Å². The van der Waals surface area contributed by atoms with Gasteiger partial charge in [-0.1, -0.05) is 23.7 Å². The first kappa shape index (κ1) is 14.8. The van der Waals surface area contributed by atoms with Gasteiger partial charge in [-0.05, 0) is 42.2 Å². The molecule has 0 bridgehead atoms. The highest BCUT2D eigenvalue weighted by Gasteiger charge is 2.14. The van der Waals surface area contributed by atoms with Gasteiger partial charge in [-0.3, -0.25) is 0 Å². The smallest absolute Gasteiger partial charge is 0.488 e. The molecular weight excluding hydrogens is 281 g/mol. The van der Waals surface area contributed by atoms with Gasteiger partial charge < -0.3 is 14.8 Å². The second-order valence-corrected chi connectivity index (χ2v) is 4.79. The zero-order valence-electron chi connectivity index (χ0n) is 10.8. The van der Waals surface area contributed by atoms with Gasteiger partial charge in [-0.25, -0.2) is 4.39 Å². The number of hydrogen-bond donors (Lipinski definition) is 2. The number of ether oxygens (including phenoxy) is 1. The van der Waals surface area contributed by atoms with E-state index in [4.69, 9.17) is 26.4 Å². The molecule has 0 atom stereocenters. The summed E-state index contributed by atoms with van der Waals surface area (Å²) in [6, 6.07) is 9.25. The van der Waals surface area contributed by atoms with Crippen molar-refractivity contribution in [1.29, 1.82) is 0 Å². The monoisotopic (exact) mass is 294 g/mol. The van der Waals surface area contributed by atoms with Gasteiger partial charge in [0, 0.05) is 5.56 Å². The molecule has 0 aliphatic heterocycles. The lowest BCUT2D eigenvalue weighted by atomic mass is 9.77. The van der Waals surface area contributed by atoms with Gasteiger partial charge in [0.05, 0.1) is 5.02 Å². The Hall–Kier alpha value is -1.56. The maximum Gasteiger partial charge on any atom is 0.488 e. The van der Waals surface area contributed by atoms with Crippen LogP contribution in [0.25, 0.3) is 0 Å². The first-order valence-corrected chi connectivity index (χ1v) is 6.39. The maximum atomic E-state index is 13.6. The summed E-state index contributed by atoms with van der Waals surface area (Å²) in [4.78, 5) is 0. The molecule has 3 nitrogen and oxygen atoms in total. The van der Waals surface area contributed by atoms with Gasteiger partial charge in [-0.15, -0.1) is 0 Å². The van der Waals surface area contributed by atoms with E-state index in [1.165, 1.54) is 12.1 Å². The van der Waals surface area contributed by atoms with E-state index >= 15 is 0 Å². The molecule has 0 saturated heterocycles. The molecule has 0 saturated carbocycles. The highest BCUT2D eigenvalue weighted by atomic mass is 35.5. The average molecular weight is 295 g/mol. The molecule has 0 aliphatic carbocycles. The Bertz CT molecular complexity index is 599. The highest BCUT2D eigenvalue weighted by Crippen LogP contribution is 2.21. The molecule has 0 heterocycles. The summed E-state index contributed by atoms with van der Waals surface area (Å²) in [5, 5.41) is 18.6. The van der Waals surface area contributed by atoms with E-state index in [0.717, 1.165) is 0 Å². The highest BCUT2D eigenvalue weighted by molar-refractivity contribution is 6.59. The van der Waals surface area contributed by atoms with Crippen molar-refractivity contribution in [1.82, 2.24) is 0 Å². The van der Waals surface area contributed by atoms with Gasteiger partial charge in [0.15, 0.2) is 0 Å². The molecule has 2 rings (SSSR count). The van der Waals surface area contributed by atoms with Gasteiger partial charge in [0.25, 0.3) is 0 Å². The van der Waals surface area contributed by atoms with Gasteiger partial charge in [0.2, 0.25) is 0 Å². The van der Waals surface area contributed by atoms with Crippen molar-refractivity contribution in [2.24, 2.45) is 0 Å². The predicted molar refractivity (Wildman–Crippen MR) is 76.7 cm³/mol. The Morgan fingerprint density at radius 2 is 2.00 bits per heavy atom. The molecule has 6 heteroatoms. The fourth-order valence-corrected chi connectivity index (χ4v) is 2.07. The predicted octanol–water partition coefficient (Wildman–Crippen LogP) is 2.05. The van der Waals surface area contributed by atoms with Crippen LogP contribution < -0.4 is 10.2 Å². The van der Waals surface area contributed by atoms with Crippen LogP contribution in [0.15, 0.2) is 36.4 Å². The molecule has 2 aromatic rings. The molecule has 0 amide bonds. The van der Waals surface area contributed by atoms with Crippen molar-refractivity contribution < 1.29 is 19.2 Å². The zero-order chi connectivity index (χ0) is 14.7. The average Bonchev–Trinajstić information content (AvgIpc) is 2.37. The molecule has 104 valence electrons. The van der Waals surface area contributed by atoms with Crippen LogP contribution in [0.1, 0.15) is 11.1 Å². The van der Waals surface area contributed by atoms with Crippen molar-refractivity contribution in [2.75, 3.05) is 0 Å². The Morgan fingerprint density at radius 1 is 1.25 bits per heavy atom. The summed E-state index contributed by atoms with van der Waals surface area (Å²) in [7, 11) is -1.52. The fraction of sp³-hybridized carbons (Fsp3) is 0.143. The third-order valence-corrected chi connectivity index (χ3v) is 3.32. The topological polar surface area (TPSA) is 49.7 Å². The van der Waals surface area contributed by atoms with E-state index in [2.05, 4.69) is 0 Å². The Morgan fingerprint density at radius 3 is 2.60 bits per heavy atom. The van der Waals surface area contributed by atoms with E-state index < -0.39 is 12.9 Å². The first-order chi connectivity index (χ1) is 9.49. The standard InChI is InChI=1S/C14H13BClFO3/c1-9-7-10(5-6-12(9)15(18)19)20-8-11-13(16)3-2-4-14(11)17/h2-7,18-19H,8H2,1H3. The van der Waals surface area contributed by atoms with Gasteiger partial charge in [0.1, 0.15) is 18.2 Å². The van der Waals surface area contributed by atoms with Crippen molar-refractivity contribution in [3.8, 4) is 5.75 Å². The van der Waals surface area contributed by atoms with Crippen LogP contribution in [0.4, 0.5) is 4.39 Å². The maximum absolute atomic E-state index is 13.6. The minimum Gasteiger partial charge on any atom is -0.489 e. The van der Waals surface area contributed by atoms with Crippen LogP contribution >= 0.6 is 11.6 Å². The minimum absolute atomic E-state index is 0.00592. The van der Waals surface area contributed by atoms with Crippen LogP contribution in [-0.4, -0.2) is 17.2 Å². The number of hydrogen-bond acceptors (Lipinski definition) is 3. The minimum atomic E-state index is -1.52. The van der Waals surface area contributed by atoms with Crippen LogP contribution in [0, 0.1) is 12.7 Å². The van der Waals surface area contributed by atoms with Crippen molar-refractivity contribution >= 4 is 24.2 Å². The normalized spacial score (nSPS) is 10.4. The van der Waals surface area contributed by atoms with Crippen molar-refractivity contribution in [3.63, 3.8) is 0 Å². The third kappa shape index (κ3) is 3.31. The third-order valence-electron chi connectivity index (χ3n) is 2.96. The van der Waals surface area contributed by atoms with E-state index in [1.807, 2.05) is 0 Å². The largest absolute Gasteiger partial charge is 0.489 e. The van der Waals surface area contributed by atoms with Crippen LogP contribution in [0.3, 0.4) is 0 Å². The first-order valence-electron chi connectivity index (χ1n) is 6.01. The molecular formula is C14H13BClFO3. The molecule has 0 spiro atoms. The quantitative estimate of drug-likeness (QED) is 0.849. The summed E-state index contributed by atoms with van der Waals surface area (Å²) >= 11 is 5.91. The lowest BCUT2D eigenvalue weighted by Gasteiger charge is -2.11. The number of benzene rings is 2. The molecule has 0 aliphatic rings. The summed E-state index contributed by atoms with van der Waals surface area (Å²) in [5.41, 5.74) is 1.37. The summed E-state index contributed by atoms with van der Waals surface area (Å²) in [6.45, 7) is 1.74. The zero-order valence-corrected chi connectivity index (χ0v) is 11.6. The lowest BCUT2D eigenvalue weighted by molar-refractivity contribution is 0.300. The second kappa shape index (κ2) is 6.26. The summed E-state index contributed by atoms with van der Waals surface area (Å²) in [6.07, 6.45) is 0. The van der Waals surface area contributed by atoms with Crippen molar-refractivity contribution in [2.45, 2.75) is 13.5 Å². The molecule has 0 aromatic heterocycles. The Balaban J connectivity index is 2.14. The summed E-state index contributed by atoms with van der Waals surface area (Å²) < 4.78 is 19.1. The molecule has 0 fully saturated rings. The number of rotatable bonds is 4. The molecule has 20 heavy (non-hydrogen) atoms. The number of aryl methyl sites for hydroxylation is 1. The van der Waals surface area contributed by atoms with Crippen LogP contribution in [-0.2, 0) is 6.61 Å². The molecule has 2 N–H and O–H groups in total. The van der Waals surface area contributed by atoms with Crippen molar-refractivity contribution in [3.05, 3.63) is 58.4 Å². The van der Waals surface area contributed by atoms with E-state index in [9.17, 15) is 4.39 Å². The SMILES string of the molecule is Cc1cc(OCc2c(F)cccc2Cl)ccc1B(O)O. The Kier molecular flexibility index (Phi) is 4.65. The van der Waals surface area contributed by atoms with Crippen LogP contribution in [0.2, 0.25) is 5.02 Å². The van der Waals surface area contributed by atoms with E-state index in [1.54, 1.807) is 31.2 Å². The molecule has 2 aromatic carbocycles. The fourth-order valence-electron chi connectivity index (χ4n) is 1.85. The van der Waals surface area contributed by atoms with Gasteiger partial charge >= 0.3 is 7.12 Å². The lowest BCUT2D eigenvalue weighted by Crippen LogP contribution is -2.31. The van der Waals surface area contributed by atoms with Crippen LogP contribution in [0.5, 0.6) is 5.75 Å². The van der Waals surface area contributed by atoms with E-state index in [-0.39, 0.29) is 12.2 Å². The molecule has 0 unspecified atom stereocenters.